The van der Waals surface area contributed by atoms with E-state index in [9.17, 15) is 14.4 Å². The predicted octanol–water partition coefficient (Wildman–Crippen LogP) is 7.73. The highest BCUT2D eigenvalue weighted by molar-refractivity contribution is 5.99. The molecule has 0 aliphatic carbocycles. The maximum absolute atomic E-state index is 14.5. The van der Waals surface area contributed by atoms with Gasteiger partial charge in [0.25, 0.3) is 5.91 Å². The summed E-state index contributed by atoms with van der Waals surface area (Å²) in [5, 5.41) is 5.85. The minimum atomic E-state index is -0.907. The molecule has 2 aromatic rings. The van der Waals surface area contributed by atoms with E-state index in [2.05, 4.69) is 17.6 Å². The van der Waals surface area contributed by atoms with E-state index in [1.165, 1.54) is 0 Å². The second-order valence-corrected chi connectivity index (χ2v) is 12.7. The second-order valence-electron chi connectivity index (χ2n) is 12.7. The number of benzene rings is 2. The lowest BCUT2D eigenvalue weighted by Gasteiger charge is -2.35. The number of amides is 3. The van der Waals surface area contributed by atoms with Crippen molar-refractivity contribution in [3.05, 3.63) is 59.2 Å². The summed E-state index contributed by atoms with van der Waals surface area (Å²) in [5.74, 6) is 0.167. The van der Waals surface area contributed by atoms with E-state index in [1.54, 1.807) is 57.0 Å². The molecule has 2 atom stereocenters. The molecule has 2 rings (SSSR count). The van der Waals surface area contributed by atoms with Crippen molar-refractivity contribution >= 4 is 23.6 Å². The van der Waals surface area contributed by atoms with Crippen molar-refractivity contribution in [2.24, 2.45) is 5.92 Å². The molecule has 0 saturated carbocycles. The van der Waals surface area contributed by atoms with E-state index in [0.29, 0.717) is 24.4 Å². The summed E-state index contributed by atoms with van der Waals surface area (Å²) >= 11 is 0. The van der Waals surface area contributed by atoms with Crippen LogP contribution in [0.2, 0.25) is 0 Å². The van der Waals surface area contributed by atoms with Gasteiger partial charge in [-0.3, -0.25) is 9.59 Å². The molecule has 2 unspecified atom stereocenters. The molecular formula is C35H53N3O5. The predicted molar refractivity (Wildman–Crippen MR) is 173 cm³/mol. The SMILES string of the molecule is CCCCCCCN(C(=O)C(CC(C)C)NC(=O)OC(C)(C)C)C(C(=O)Nc1ccc(OC)cc1)c1ccc(C)c(C)c1. The zero-order valence-corrected chi connectivity index (χ0v) is 27.7. The Hall–Kier alpha value is -3.55. The summed E-state index contributed by atoms with van der Waals surface area (Å²) in [6.07, 6.45) is 4.70. The zero-order chi connectivity index (χ0) is 32.2. The molecule has 0 aliphatic rings. The molecule has 2 aromatic carbocycles. The summed E-state index contributed by atoms with van der Waals surface area (Å²) in [5.41, 5.74) is 2.73. The van der Waals surface area contributed by atoms with Crippen molar-refractivity contribution in [3.8, 4) is 5.75 Å². The fraction of sp³-hybridized carbons (Fsp3) is 0.571. The van der Waals surface area contributed by atoms with Gasteiger partial charge >= 0.3 is 6.09 Å². The number of carbonyl (C=O) groups excluding carboxylic acids is 3. The first-order valence-electron chi connectivity index (χ1n) is 15.6. The first-order valence-corrected chi connectivity index (χ1v) is 15.6. The van der Waals surface area contributed by atoms with Gasteiger partial charge in [-0.05, 0) is 94.3 Å². The molecule has 0 fully saturated rings. The number of hydrogen-bond acceptors (Lipinski definition) is 5. The molecule has 0 aromatic heterocycles. The molecule has 8 heteroatoms. The first-order chi connectivity index (χ1) is 20.2. The van der Waals surface area contributed by atoms with Gasteiger partial charge in [0.05, 0.1) is 7.11 Å². The Bertz CT molecular complexity index is 1190. The lowest BCUT2D eigenvalue weighted by molar-refractivity contribution is -0.141. The van der Waals surface area contributed by atoms with E-state index in [0.717, 1.165) is 48.8 Å². The number of ether oxygens (including phenoxy) is 2. The number of methoxy groups -OCH3 is 1. The Balaban J connectivity index is 2.56. The Kier molecular flexibility index (Phi) is 14.0. The zero-order valence-electron chi connectivity index (χ0n) is 27.7. The molecule has 3 amide bonds. The third kappa shape index (κ3) is 11.9. The van der Waals surface area contributed by atoms with Crippen LogP contribution in [0.1, 0.15) is 103 Å². The van der Waals surface area contributed by atoms with Crippen LogP contribution in [-0.4, -0.2) is 48.1 Å². The van der Waals surface area contributed by atoms with Crippen molar-refractivity contribution in [1.29, 1.82) is 0 Å². The van der Waals surface area contributed by atoms with Crippen LogP contribution < -0.4 is 15.4 Å². The highest BCUT2D eigenvalue weighted by atomic mass is 16.6. The number of nitrogens with one attached hydrogen (secondary N) is 2. The molecule has 0 radical (unpaired) electrons. The number of rotatable bonds is 15. The molecule has 43 heavy (non-hydrogen) atoms. The standard InChI is InChI=1S/C35H53N3O5/c1-10-11-12-13-14-21-38(33(40)30(22-24(2)3)37-34(41)43-35(6,7)8)31(27-16-15-25(4)26(5)23-27)32(39)36-28-17-19-29(42-9)20-18-28/h15-20,23-24,30-31H,10-14,21-22H2,1-9H3,(H,36,39)(H,37,41). The lowest BCUT2D eigenvalue weighted by atomic mass is 9.96. The highest BCUT2D eigenvalue weighted by Gasteiger charge is 2.36. The molecular weight excluding hydrogens is 542 g/mol. The van der Waals surface area contributed by atoms with Crippen LogP contribution in [0.25, 0.3) is 0 Å². The van der Waals surface area contributed by atoms with Crippen molar-refractivity contribution in [2.75, 3.05) is 19.0 Å². The summed E-state index contributed by atoms with van der Waals surface area (Å²) in [4.78, 5) is 43.1. The van der Waals surface area contributed by atoms with Gasteiger partial charge in [-0.25, -0.2) is 4.79 Å². The van der Waals surface area contributed by atoms with Gasteiger partial charge in [-0.1, -0.05) is 64.7 Å². The van der Waals surface area contributed by atoms with E-state index in [-0.39, 0.29) is 17.7 Å². The lowest BCUT2D eigenvalue weighted by Crippen LogP contribution is -2.53. The fourth-order valence-electron chi connectivity index (χ4n) is 4.89. The van der Waals surface area contributed by atoms with Gasteiger partial charge < -0.3 is 25.0 Å². The fourth-order valence-corrected chi connectivity index (χ4v) is 4.89. The van der Waals surface area contributed by atoms with E-state index < -0.39 is 23.8 Å². The Morgan fingerprint density at radius 1 is 0.907 bits per heavy atom. The van der Waals surface area contributed by atoms with Crippen LogP contribution in [0.5, 0.6) is 5.75 Å². The van der Waals surface area contributed by atoms with Gasteiger partial charge in [0.2, 0.25) is 5.91 Å². The monoisotopic (exact) mass is 595 g/mol. The second kappa shape index (κ2) is 16.9. The highest BCUT2D eigenvalue weighted by Crippen LogP contribution is 2.28. The Labute approximate surface area is 258 Å². The number of nitrogens with zero attached hydrogens (tertiary/aromatic N) is 1. The van der Waals surface area contributed by atoms with Crippen molar-refractivity contribution in [1.82, 2.24) is 10.2 Å². The van der Waals surface area contributed by atoms with Gasteiger partial charge in [0.15, 0.2) is 0 Å². The average molecular weight is 596 g/mol. The molecule has 0 heterocycles. The molecule has 0 saturated heterocycles. The van der Waals surface area contributed by atoms with Crippen molar-refractivity contribution in [2.45, 2.75) is 112 Å². The number of anilines is 1. The van der Waals surface area contributed by atoms with Crippen LogP contribution >= 0.6 is 0 Å². The quantitative estimate of drug-likeness (QED) is 0.205. The number of carbonyl (C=O) groups is 3. The van der Waals surface area contributed by atoms with Gasteiger partial charge in [-0.15, -0.1) is 0 Å². The number of unbranched alkanes of at least 4 members (excludes halogenated alkanes) is 4. The Morgan fingerprint density at radius 2 is 1.56 bits per heavy atom. The maximum Gasteiger partial charge on any atom is 0.408 e. The minimum Gasteiger partial charge on any atom is -0.497 e. The van der Waals surface area contributed by atoms with Crippen molar-refractivity contribution < 1.29 is 23.9 Å². The number of aryl methyl sites for hydroxylation is 2. The molecule has 238 valence electrons. The molecule has 0 spiro atoms. The number of hydrogen-bond donors (Lipinski definition) is 2. The van der Waals surface area contributed by atoms with Crippen LogP contribution in [0, 0.1) is 19.8 Å². The summed E-state index contributed by atoms with van der Waals surface area (Å²) in [6, 6.07) is 11.2. The van der Waals surface area contributed by atoms with Gasteiger partial charge in [0.1, 0.15) is 23.4 Å². The van der Waals surface area contributed by atoms with Crippen LogP contribution in [0.3, 0.4) is 0 Å². The van der Waals surface area contributed by atoms with Gasteiger partial charge in [-0.2, -0.15) is 0 Å². The molecule has 0 bridgehead atoms. The topological polar surface area (TPSA) is 97.0 Å². The summed E-state index contributed by atoms with van der Waals surface area (Å²) in [6.45, 7) is 15.9. The third-order valence-electron chi connectivity index (χ3n) is 7.25. The first kappa shape index (κ1) is 35.6. The van der Waals surface area contributed by atoms with Crippen LogP contribution in [0.15, 0.2) is 42.5 Å². The van der Waals surface area contributed by atoms with Crippen molar-refractivity contribution in [3.63, 3.8) is 0 Å². The van der Waals surface area contributed by atoms with E-state index in [1.807, 2.05) is 45.9 Å². The van der Waals surface area contributed by atoms with E-state index in [4.69, 9.17) is 9.47 Å². The third-order valence-corrected chi connectivity index (χ3v) is 7.25. The Morgan fingerprint density at radius 3 is 2.12 bits per heavy atom. The van der Waals surface area contributed by atoms with Crippen LogP contribution in [-0.2, 0) is 14.3 Å². The number of alkyl carbamates (subject to hydrolysis) is 1. The largest absolute Gasteiger partial charge is 0.497 e. The normalized spacial score (nSPS) is 12.8. The smallest absolute Gasteiger partial charge is 0.408 e. The minimum absolute atomic E-state index is 0.114. The van der Waals surface area contributed by atoms with Crippen LogP contribution in [0.4, 0.5) is 10.5 Å². The molecule has 0 aliphatic heterocycles. The summed E-state index contributed by atoms with van der Waals surface area (Å²) in [7, 11) is 1.59. The average Bonchev–Trinajstić information content (AvgIpc) is 2.92. The maximum atomic E-state index is 14.5. The summed E-state index contributed by atoms with van der Waals surface area (Å²) < 4.78 is 10.8. The van der Waals surface area contributed by atoms with E-state index >= 15 is 0 Å². The molecule has 2 N–H and O–H groups in total. The van der Waals surface area contributed by atoms with Gasteiger partial charge in [0, 0.05) is 12.2 Å². The molecule has 8 nitrogen and oxygen atoms in total.